The second-order valence-corrected chi connectivity index (χ2v) is 32.4. The molecule has 0 spiro atoms. The molecule has 9 heteroatoms. The van der Waals surface area contributed by atoms with E-state index in [9.17, 15) is 26.3 Å². The van der Waals surface area contributed by atoms with E-state index in [0.717, 1.165) is 68.1 Å². The van der Waals surface area contributed by atoms with Gasteiger partial charge in [0.1, 0.15) is 0 Å². The normalized spacial score (nSPS) is 23.8. The number of fused-ring (bicyclic) bond motifs is 3. The second kappa shape index (κ2) is 16.3. The van der Waals surface area contributed by atoms with Crippen LogP contribution in [0.5, 0.6) is 0 Å². The molecule has 1 heterocycles. The van der Waals surface area contributed by atoms with Gasteiger partial charge in [-0.3, -0.25) is 0 Å². The first-order valence-corrected chi connectivity index (χ1v) is 27.8. The van der Waals surface area contributed by atoms with Gasteiger partial charge in [0.15, 0.2) is 0 Å². The average molecular weight is 964 g/mol. The van der Waals surface area contributed by atoms with E-state index in [1.54, 1.807) is 35.4 Å². The predicted octanol–water partition coefficient (Wildman–Crippen LogP) is 16.2. The third kappa shape index (κ3) is 7.37. The first-order valence-electron chi connectivity index (χ1n) is 19.5. The van der Waals surface area contributed by atoms with Gasteiger partial charge in [-0.2, -0.15) is 0 Å². The topological polar surface area (TPSA) is 0 Å². The minimum absolute atomic E-state index is 0. The van der Waals surface area contributed by atoms with Crippen molar-refractivity contribution in [2.45, 2.75) is 105 Å². The summed E-state index contributed by atoms with van der Waals surface area (Å²) >= 11 is -3.59. The molecule has 2 fully saturated rings. The molecule has 4 unspecified atom stereocenters. The zero-order valence-electron chi connectivity index (χ0n) is 31.2. The van der Waals surface area contributed by atoms with Gasteiger partial charge in [0.25, 0.3) is 0 Å². The van der Waals surface area contributed by atoms with Gasteiger partial charge in [0.2, 0.25) is 0 Å². The van der Waals surface area contributed by atoms with Gasteiger partial charge >= 0.3 is 315 Å². The van der Waals surface area contributed by atoms with Crippen LogP contribution in [-0.2, 0) is 32.3 Å². The molecule has 4 aromatic rings. The molecule has 0 nitrogen and oxygen atoms in total. The van der Waals surface area contributed by atoms with Crippen LogP contribution in [0, 0.1) is 0 Å². The Morgan fingerprint density at radius 1 is 0.545 bits per heavy atom. The van der Waals surface area contributed by atoms with Gasteiger partial charge in [-0.1, -0.05) is 0 Å². The molecule has 1 aliphatic heterocycles. The maximum Gasteiger partial charge on any atom is -0.147 e. The molecule has 0 radical (unpaired) electrons. The van der Waals surface area contributed by atoms with Crippen molar-refractivity contribution in [2.75, 3.05) is 0 Å². The monoisotopic (exact) mass is 964 g/mol. The SMILES string of the molecule is CCCCC1=Cc2c(-c3ccc(C(F)(F)F)cc3)cccc2[CH]1[Hf]1([CH]2C(CCCC)=Cc3c(-c4ccc(C(F)(F)F)cc4)cccc32)[CH]2CCCC[CH]21.Cl.Cl. The summed E-state index contributed by atoms with van der Waals surface area (Å²) in [5, 5.41) is 0. The van der Waals surface area contributed by atoms with E-state index in [1.165, 1.54) is 72.2 Å². The molecule has 1 saturated carbocycles. The third-order valence-corrected chi connectivity index (χ3v) is 37.8. The Bertz CT molecular complexity index is 1910. The Morgan fingerprint density at radius 2 is 0.927 bits per heavy atom. The van der Waals surface area contributed by atoms with Crippen molar-refractivity contribution in [3.8, 4) is 22.3 Å². The molecule has 0 aromatic heterocycles. The molecule has 0 amide bonds. The Balaban J connectivity index is 0.00000257. The number of halogens is 8. The largest absolute Gasteiger partial charge is 0.147 e. The van der Waals surface area contributed by atoms with Crippen molar-refractivity contribution < 1.29 is 46.3 Å². The third-order valence-electron chi connectivity index (χ3n) is 12.9. The van der Waals surface area contributed by atoms with Crippen molar-refractivity contribution in [2.24, 2.45) is 0 Å². The fourth-order valence-corrected chi connectivity index (χ4v) is 46.1. The fourth-order valence-electron chi connectivity index (χ4n) is 10.7. The van der Waals surface area contributed by atoms with Gasteiger partial charge in [-0.15, -0.1) is 24.8 Å². The Hall–Kier alpha value is -2.61. The molecule has 4 aliphatic rings. The van der Waals surface area contributed by atoms with Gasteiger partial charge in [-0.25, -0.2) is 0 Å². The van der Waals surface area contributed by atoms with Crippen LogP contribution in [0.3, 0.4) is 0 Å². The van der Waals surface area contributed by atoms with E-state index < -0.39 is 43.4 Å². The second-order valence-electron chi connectivity index (χ2n) is 15.8. The summed E-state index contributed by atoms with van der Waals surface area (Å²) in [6.45, 7) is 4.48. The molecule has 0 N–H and O–H groups in total. The van der Waals surface area contributed by atoms with Crippen LogP contribution in [0.4, 0.5) is 26.3 Å². The van der Waals surface area contributed by atoms with E-state index in [-0.39, 0.29) is 24.8 Å². The Kier molecular flexibility index (Phi) is 12.5. The number of allylic oxidation sites excluding steroid dienone is 2. The van der Waals surface area contributed by atoms with E-state index >= 15 is 0 Å². The van der Waals surface area contributed by atoms with E-state index in [2.05, 4.69) is 62.4 Å². The molecule has 0 bridgehead atoms. The van der Waals surface area contributed by atoms with Gasteiger partial charge in [0.05, 0.1) is 0 Å². The van der Waals surface area contributed by atoms with Crippen LogP contribution >= 0.6 is 24.8 Å². The number of hydrogen-bond acceptors (Lipinski definition) is 0. The summed E-state index contributed by atoms with van der Waals surface area (Å²) in [5.74, 6) is 0. The first kappa shape index (κ1) is 42.0. The van der Waals surface area contributed by atoms with E-state index in [1.807, 2.05) is 0 Å². The van der Waals surface area contributed by atoms with Crippen molar-refractivity contribution in [1.82, 2.24) is 0 Å². The molecule has 8 rings (SSSR count). The zero-order chi connectivity index (χ0) is 37.1. The van der Waals surface area contributed by atoms with Crippen LogP contribution in [0.25, 0.3) is 34.4 Å². The van der Waals surface area contributed by atoms with Crippen LogP contribution in [0.15, 0.2) is 96.1 Å². The van der Waals surface area contributed by atoms with Crippen molar-refractivity contribution in [1.29, 1.82) is 0 Å². The molecule has 1 saturated heterocycles. The predicted molar refractivity (Wildman–Crippen MR) is 215 cm³/mol. The number of rotatable bonds is 10. The minimum Gasteiger partial charge on any atom is -0.147 e. The number of benzene rings is 4. The molecule has 4 aromatic carbocycles. The van der Waals surface area contributed by atoms with Crippen molar-refractivity contribution in [3.05, 3.63) is 129 Å². The quantitative estimate of drug-likeness (QED) is 0.110. The summed E-state index contributed by atoms with van der Waals surface area (Å²) < 4.78 is 83.6. The average Bonchev–Trinajstić information content (AvgIpc) is 3.42. The van der Waals surface area contributed by atoms with Crippen LogP contribution in [0.2, 0.25) is 7.35 Å². The minimum atomic E-state index is -4.38. The van der Waals surface area contributed by atoms with Gasteiger partial charge < -0.3 is 0 Å². The fraction of sp³-hybridized carbons (Fsp3) is 0.391. The van der Waals surface area contributed by atoms with Gasteiger partial charge in [-0.05, 0) is 0 Å². The maximum atomic E-state index is 13.5. The maximum absolute atomic E-state index is 13.5. The summed E-state index contributed by atoms with van der Waals surface area (Å²) in [6.07, 6.45) is 7.66. The molecule has 4 atom stereocenters. The standard InChI is InChI=1S/2C20H18F3.C6H10.2ClH.Hf/c2*1-2-3-5-14-12-16-6-4-7-18(19(16)13-14)15-8-10-17(11-9-15)20(21,22)23;1-2-4-6-5-3-1;;;/h2*4,6-13H,2-3,5H2,1H3;1-2H,3-6H2;2*1H;. The molecular weight excluding hydrogens is 916 g/mol. The molecule has 292 valence electrons. The summed E-state index contributed by atoms with van der Waals surface area (Å²) in [4.78, 5) is 0. The van der Waals surface area contributed by atoms with Crippen molar-refractivity contribution in [3.63, 3.8) is 0 Å². The molecule has 55 heavy (non-hydrogen) atoms. The summed E-state index contributed by atoms with van der Waals surface area (Å²) in [6, 6.07) is 24.4. The number of hydrogen-bond donors (Lipinski definition) is 0. The summed E-state index contributed by atoms with van der Waals surface area (Å²) in [5.41, 5.74) is 10.7. The van der Waals surface area contributed by atoms with Gasteiger partial charge in [0, 0.05) is 0 Å². The molecule has 3 aliphatic carbocycles. The van der Waals surface area contributed by atoms with E-state index in [0.29, 0.717) is 7.35 Å². The van der Waals surface area contributed by atoms with Crippen LogP contribution in [0.1, 0.15) is 119 Å². The van der Waals surface area contributed by atoms with Crippen LogP contribution in [-0.4, -0.2) is 0 Å². The molecular formula is C46H48Cl2F6Hf. The Labute approximate surface area is 338 Å². The smallest absolute Gasteiger partial charge is 0.147 e. The summed E-state index contributed by atoms with van der Waals surface area (Å²) in [7, 11) is 0. The zero-order valence-corrected chi connectivity index (χ0v) is 36.4. The Morgan fingerprint density at radius 3 is 1.27 bits per heavy atom. The van der Waals surface area contributed by atoms with E-state index in [4.69, 9.17) is 0 Å². The van der Waals surface area contributed by atoms with Crippen LogP contribution < -0.4 is 0 Å². The van der Waals surface area contributed by atoms with Crippen molar-refractivity contribution >= 4 is 37.0 Å². The number of alkyl halides is 6. The first-order chi connectivity index (χ1) is 25.5. The number of unbranched alkanes of at least 4 members (excludes halogenated alkanes) is 2.